The Bertz CT molecular complexity index is 389. The van der Waals surface area contributed by atoms with Crippen LogP contribution in [0.4, 0.5) is 13.2 Å². The molecule has 0 amide bonds. The fourth-order valence-electron chi connectivity index (χ4n) is 1.16. The van der Waals surface area contributed by atoms with Crippen molar-refractivity contribution in [3.63, 3.8) is 0 Å². The number of halogens is 3. The topological polar surface area (TPSA) is 57.0 Å². The van der Waals surface area contributed by atoms with Crippen molar-refractivity contribution in [1.29, 1.82) is 0 Å². The highest BCUT2D eigenvalue weighted by Crippen LogP contribution is 2.20. The highest BCUT2D eigenvalue weighted by molar-refractivity contribution is 5.98. The summed E-state index contributed by atoms with van der Waals surface area (Å²) in [5.74, 6) is -1.98. The monoisotopic (exact) mass is 251 g/mol. The number of hydrogen-bond acceptors (Lipinski definition) is 4. The Labute approximate surface area is 95.6 Å². The average Bonchev–Trinajstić information content (AvgIpc) is 2.72. The molecule has 0 aliphatic rings. The van der Waals surface area contributed by atoms with Gasteiger partial charge in [0.1, 0.15) is 0 Å². The quantitative estimate of drug-likeness (QED) is 0.746. The van der Waals surface area contributed by atoms with E-state index in [2.05, 4.69) is 10.3 Å². The first-order valence-electron chi connectivity index (χ1n) is 4.88. The summed E-state index contributed by atoms with van der Waals surface area (Å²) in [4.78, 5) is 10.9. The fourth-order valence-corrected chi connectivity index (χ4v) is 1.16. The van der Waals surface area contributed by atoms with Gasteiger partial charge in [0, 0.05) is 13.7 Å². The molecular formula is C9H12F3N3O2. The second kappa shape index (κ2) is 5.26. The second-order valence-electron chi connectivity index (χ2n) is 3.54. The van der Waals surface area contributed by atoms with Gasteiger partial charge in [0.15, 0.2) is 5.69 Å². The summed E-state index contributed by atoms with van der Waals surface area (Å²) < 4.78 is 42.4. The van der Waals surface area contributed by atoms with Gasteiger partial charge in [-0.25, -0.2) is 4.68 Å². The lowest BCUT2D eigenvalue weighted by molar-refractivity contribution is -0.0888. The molecule has 5 nitrogen and oxygen atoms in total. The molecule has 0 saturated carbocycles. The molecule has 0 aliphatic heterocycles. The summed E-state index contributed by atoms with van der Waals surface area (Å²) in [6.45, 7) is 2.19. The molecule has 0 aliphatic carbocycles. The summed E-state index contributed by atoms with van der Waals surface area (Å²) in [7, 11) is 1.52. The van der Waals surface area contributed by atoms with Crippen molar-refractivity contribution in [1.82, 2.24) is 15.0 Å². The number of ether oxygens (including phenoxy) is 1. The van der Waals surface area contributed by atoms with Crippen LogP contribution >= 0.6 is 0 Å². The molecule has 0 spiro atoms. The Morgan fingerprint density at radius 1 is 1.59 bits per heavy atom. The molecule has 1 atom stereocenters. The van der Waals surface area contributed by atoms with Crippen molar-refractivity contribution in [2.24, 2.45) is 0 Å². The van der Waals surface area contributed by atoms with E-state index >= 15 is 0 Å². The SMILES string of the molecule is COCCC(C)n1cc(C(=O)C(F)(F)F)nn1. The number of nitrogens with zero attached hydrogens (tertiary/aromatic N) is 3. The van der Waals surface area contributed by atoms with Gasteiger partial charge >= 0.3 is 6.18 Å². The first-order chi connectivity index (χ1) is 7.86. The van der Waals surface area contributed by atoms with E-state index in [0.717, 1.165) is 6.20 Å². The predicted molar refractivity (Wildman–Crippen MR) is 51.6 cm³/mol. The van der Waals surface area contributed by atoms with E-state index < -0.39 is 17.7 Å². The van der Waals surface area contributed by atoms with Gasteiger partial charge in [0.25, 0.3) is 5.78 Å². The van der Waals surface area contributed by atoms with Crippen LogP contribution in [-0.4, -0.2) is 40.7 Å². The lowest BCUT2D eigenvalue weighted by Gasteiger charge is -2.09. The summed E-state index contributed by atoms with van der Waals surface area (Å²) in [5.41, 5.74) is -0.693. The van der Waals surface area contributed by atoms with Crippen LogP contribution in [0.2, 0.25) is 0 Å². The van der Waals surface area contributed by atoms with Gasteiger partial charge in [-0.05, 0) is 13.3 Å². The molecule has 0 radical (unpaired) electrons. The molecule has 0 saturated heterocycles. The Kier molecular flexibility index (Phi) is 4.22. The molecule has 1 heterocycles. The van der Waals surface area contributed by atoms with E-state index in [9.17, 15) is 18.0 Å². The van der Waals surface area contributed by atoms with Gasteiger partial charge in [-0.3, -0.25) is 4.79 Å². The maximum absolute atomic E-state index is 12.1. The third-order valence-corrected chi connectivity index (χ3v) is 2.19. The Morgan fingerprint density at radius 3 is 2.76 bits per heavy atom. The standard InChI is InChI=1S/C9H12F3N3O2/c1-6(3-4-17-2)15-5-7(13-14-15)8(16)9(10,11)12/h5-6H,3-4H2,1-2H3. The van der Waals surface area contributed by atoms with E-state index in [1.807, 2.05) is 0 Å². The van der Waals surface area contributed by atoms with Gasteiger partial charge in [-0.1, -0.05) is 5.21 Å². The Hall–Kier alpha value is -1.44. The van der Waals surface area contributed by atoms with E-state index in [1.165, 1.54) is 11.8 Å². The van der Waals surface area contributed by atoms with Crippen LogP contribution in [0.1, 0.15) is 29.9 Å². The number of carbonyl (C=O) groups is 1. The fraction of sp³-hybridized carbons (Fsp3) is 0.667. The van der Waals surface area contributed by atoms with Crippen molar-refractivity contribution in [3.05, 3.63) is 11.9 Å². The van der Waals surface area contributed by atoms with Crippen molar-refractivity contribution in [3.8, 4) is 0 Å². The number of Topliss-reactive ketones (excluding diaryl/α,β-unsaturated/α-hetero) is 1. The van der Waals surface area contributed by atoms with Crippen LogP contribution in [0, 0.1) is 0 Å². The van der Waals surface area contributed by atoms with Gasteiger partial charge in [0.2, 0.25) is 0 Å². The van der Waals surface area contributed by atoms with Crippen LogP contribution in [0.5, 0.6) is 0 Å². The zero-order valence-corrected chi connectivity index (χ0v) is 9.36. The summed E-state index contributed by atoms with van der Waals surface area (Å²) in [5, 5.41) is 6.71. The minimum atomic E-state index is -4.92. The molecule has 0 N–H and O–H groups in total. The lowest BCUT2D eigenvalue weighted by atomic mass is 10.2. The molecule has 96 valence electrons. The molecule has 0 bridgehead atoms. The normalized spacial score (nSPS) is 13.7. The molecule has 0 fully saturated rings. The molecule has 8 heteroatoms. The number of carbonyl (C=O) groups excluding carboxylic acids is 1. The van der Waals surface area contributed by atoms with Crippen molar-refractivity contribution < 1.29 is 22.7 Å². The van der Waals surface area contributed by atoms with Gasteiger partial charge in [-0.2, -0.15) is 13.2 Å². The van der Waals surface area contributed by atoms with E-state index in [0.29, 0.717) is 13.0 Å². The van der Waals surface area contributed by atoms with Crippen molar-refractivity contribution in [2.75, 3.05) is 13.7 Å². The molecule has 17 heavy (non-hydrogen) atoms. The maximum atomic E-state index is 12.1. The number of ketones is 1. The van der Waals surface area contributed by atoms with Crippen LogP contribution in [0.3, 0.4) is 0 Å². The average molecular weight is 251 g/mol. The van der Waals surface area contributed by atoms with Crippen molar-refractivity contribution >= 4 is 5.78 Å². The van der Waals surface area contributed by atoms with Crippen molar-refractivity contribution in [2.45, 2.75) is 25.6 Å². The summed E-state index contributed by atoms with van der Waals surface area (Å²) in [6, 6.07) is -0.183. The number of methoxy groups -OCH3 is 1. The van der Waals surface area contributed by atoms with E-state index in [4.69, 9.17) is 4.74 Å². The predicted octanol–water partition coefficient (Wildman–Crippen LogP) is 1.62. The van der Waals surface area contributed by atoms with E-state index in [1.54, 1.807) is 6.92 Å². The summed E-state index contributed by atoms with van der Waals surface area (Å²) >= 11 is 0. The zero-order valence-electron chi connectivity index (χ0n) is 9.36. The van der Waals surface area contributed by atoms with Crippen LogP contribution < -0.4 is 0 Å². The third kappa shape index (κ3) is 3.52. The first-order valence-corrected chi connectivity index (χ1v) is 4.88. The Morgan fingerprint density at radius 2 is 2.24 bits per heavy atom. The molecule has 1 aromatic rings. The van der Waals surface area contributed by atoms with E-state index in [-0.39, 0.29) is 6.04 Å². The van der Waals surface area contributed by atoms with Crippen LogP contribution in [-0.2, 0) is 4.74 Å². The number of rotatable bonds is 5. The largest absolute Gasteiger partial charge is 0.456 e. The minimum absolute atomic E-state index is 0.183. The molecule has 1 unspecified atom stereocenters. The minimum Gasteiger partial charge on any atom is -0.385 e. The van der Waals surface area contributed by atoms with Gasteiger partial charge < -0.3 is 4.74 Å². The molecule has 1 aromatic heterocycles. The smallest absolute Gasteiger partial charge is 0.385 e. The Balaban J connectivity index is 2.75. The third-order valence-electron chi connectivity index (χ3n) is 2.19. The van der Waals surface area contributed by atoms with Gasteiger partial charge in [-0.15, -0.1) is 5.10 Å². The maximum Gasteiger partial charge on any atom is 0.456 e. The second-order valence-corrected chi connectivity index (χ2v) is 3.54. The van der Waals surface area contributed by atoms with Gasteiger partial charge in [0.05, 0.1) is 12.2 Å². The molecular weight excluding hydrogens is 239 g/mol. The molecule has 1 rings (SSSR count). The number of alkyl halides is 3. The highest BCUT2D eigenvalue weighted by Gasteiger charge is 2.41. The highest BCUT2D eigenvalue weighted by atomic mass is 19.4. The number of hydrogen-bond donors (Lipinski definition) is 0. The first kappa shape index (κ1) is 13.6. The molecule has 0 aromatic carbocycles. The summed E-state index contributed by atoms with van der Waals surface area (Å²) in [6.07, 6.45) is -3.35. The zero-order chi connectivity index (χ0) is 13.1. The van der Waals surface area contributed by atoms with Crippen LogP contribution in [0.15, 0.2) is 6.20 Å². The van der Waals surface area contributed by atoms with Crippen LogP contribution in [0.25, 0.3) is 0 Å². The number of aromatic nitrogens is 3. The lowest BCUT2D eigenvalue weighted by Crippen LogP contribution is -2.23.